The second-order valence-corrected chi connectivity index (χ2v) is 4.69. The predicted molar refractivity (Wildman–Crippen MR) is 74.6 cm³/mol. The van der Waals surface area contributed by atoms with Crippen LogP contribution < -0.4 is 4.90 Å². The minimum atomic E-state index is -0.257. The Morgan fingerprint density at radius 1 is 1.26 bits per heavy atom. The lowest BCUT2D eigenvalue weighted by Gasteiger charge is -2.33. The molecule has 1 fully saturated rings. The molecule has 0 aromatic heterocycles. The van der Waals surface area contributed by atoms with Crippen LogP contribution in [0.25, 0.3) is 0 Å². The van der Waals surface area contributed by atoms with E-state index in [0.29, 0.717) is 18.3 Å². The highest BCUT2D eigenvalue weighted by Gasteiger charge is 2.19. The van der Waals surface area contributed by atoms with Gasteiger partial charge in [-0.3, -0.25) is 0 Å². The fourth-order valence-corrected chi connectivity index (χ4v) is 2.37. The van der Waals surface area contributed by atoms with Crippen molar-refractivity contribution in [3.8, 4) is 0 Å². The van der Waals surface area contributed by atoms with Gasteiger partial charge in [-0.2, -0.15) is 0 Å². The molecule has 1 aliphatic heterocycles. The number of carbonyl (C=O) groups is 1. The molecule has 1 aromatic carbocycles. The molecule has 0 atom stereocenters. The predicted octanol–water partition coefficient (Wildman–Crippen LogP) is 2.48. The number of rotatable bonds is 4. The van der Waals surface area contributed by atoms with Gasteiger partial charge < -0.3 is 14.4 Å². The highest BCUT2D eigenvalue weighted by Crippen LogP contribution is 2.21. The van der Waals surface area contributed by atoms with Gasteiger partial charge in [-0.15, -0.1) is 0 Å². The molecule has 1 aromatic rings. The number of benzene rings is 1. The maximum absolute atomic E-state index is 11.6. The number of anilines is 1. The Kier molecular flexibility index (Phi) is 4.80. The van der Waals surface area contributed by atoms with E-state index in [9.17, 15) is 4.79 Å². The van der Waals surface area contributed by atoms with Crippen molar-refractivity contribution in [1.82, 2.24) is 0 Å². The maximum atomic E-state index is 11.6. The monoisotopic (exact) mass is 263 g/mol. The third kappa shape index (κ3) is 3.47. The zero-order chi connectivity index (χ0) is 13.7. The SMILES string of the molecule is CCOC(=O)c1ccc(N2CCC(OC)CC2)cc1. The third-order valence-electron chi connectivity index (χ3n) is 3.52. The Morgan fingerprint density at radius 2 is 1.89 bits per heavy atom. The topological polar surface area (TPSA) is 38.8 Å². The summed E-state index contributed by atoms with van der Waals surface area (Å²) in [7, 11) is 1.77. The van der Waals surface area contributed by atoms with Gasteiger partial charge in [0.1, 0.15) is 0 Å². The van der Waals surface area contributed by atoms with Gasteiger partial charge in [0, 0.05) is 25.9 Å². The number of ether oxygens (including phenoxy) is 2. The molecular formula is C15H21NO3. The molecule has 1 saturated heterocycles. The molecule has 0 unspecified atom stereocenters. The number of hydrogen-bond acceptors (Lipinski definition) is 4. The molecule has 0 radical (unpaired) electrons. The van der Waals surface area contributed by atoms with Crippen LogP contribution in [0.4, 0.5) is 5.69 Å². The Balaban J connectivity index is 1.97. The van der Waals surface area contributed by atoms with Crippen molar-refractivity contribution in [2.45, 2.75) is 25.9 Å². The summed E-state index contributed by atoms with van der Waals surface area (Å²) in [6.07, 6.45) is 2.49. The summed E-state index contributed by atoms with van der Waals surface area (Å²) in [5.41, 5.74) is 1.76. The van der Waals surface area contributed by atoms with Gasteiger partial charge in [0.15, 0.2) is 0 Å². The minimum Gasteiger partial charge on any atom is -0.462 e. The molecule has 0 spiro atoms. The lowest BCUT2D eigenvalue weighted by atomic mass is 10.1. The number of nitrogens with zero attached hydrogens (tertiary/aromatic N) is 1. The van der Waals surface area contributed by atoms with E-state index >= 15 is 0 Å². The third-order valence-corrected chi connectivity index (χ3v) is 3.52. The summed E-state index contributed by atoms with van der Waals surface area (Å²) < 4.78 is 10.3. The molecule has 0 amide bonds. The van der Waals surface area contributed by atoms with Crippen molar-refractivity contribution in [3.63, 3.8) is 0 Å². The Bertz CT molecular complexity index is 408. The van der Waals surface area contributed by atoms with Gasteiger partial charge in [-0.05, 0) is 44.0 Å². The van der Waals surface area contributed by atoms with Crippen LogP contribution in [-0.4, -0.2) is 38.9 Å². The second-order valence-electron chi connectivity index (χ2n) is 4.69. The summed E-state index contributed by atoms with van der Waals surface area (Å²) in [5.74, 6) is -0.257. The Labute approximate surface area is 114 Å². The molecule has 4 nitrogen and oxygen atoms in total. The first-order valence-corrected chi connectivity index (χ1v) is 6.79. The van der Waals surface area contributed by atoms with Crippen molar-refractivity contribution < 1.29 is 14.3 Å². The van der Waals surface area contributed by atoms with Crippen molar-refractivity contribution in [2.24, 2.45) is 0 Å². The Morgan fingerprint density at radius 3 is 2.42 bits per heavy atom. The quantitative estimate of drug-likeness (QED) is 0.782. The van der Waals surface area contributed by atoms with E-state index in [4.69, 9.17) is 9.47 Å². The maximum Gasteiger partial charge on any atom is 0.338 e. The van der Waals surface area contributed by atoms with E-state index in [1.54, 1.807) is 7.11 Å². The normalized spacial score (nSPS) is 16.4. The Hall–Kier alpha value is -1.55. The molecule has 19 heavy (non-hydrogen) atoms. The van der Waals surface area contributed by atoms with Crippen LogP contribution in [0.5, 0.6) is 0 Å². The molecule has 1 heterocycles. The van der Waals surface area contributed by atoms with Gasteiger partial charge in [0.25, 0.3) is 0 Å². The summed E-state index contributed by atoms with van der Waals surface area (Å²) in [5, 5.41) is 0. The first-order chi connectivity index (χ1) is 9.24. The van der Waals surface area contributed by atoms with Crippen LogP contribution >= 0.6 is 0 Å². The molecule has 0 aliphatic carbocycles. The molecule has 104 valence electrons. The van der Waals surface area contributed by atoms with Crippen molar-refractivity contribution in [3.05, 3.63) is 29.8 Å². The van der Waals surface area contributed by atoms with Crippen molar-refractivity contribution in [1.29, 1.82) is 0 Å². The number of piperidine rings is 1. The van der Waals surface area contributed by atoms with E-state index in [0.717, 1.165) is 31.6 Å². The lowest BCUT2D eigenvalue weighted by molar-refractivity contribution is 0.0526. The highest BCUT2D eigenvalue weighted by molar-refractivity contribution is 5.89. The fraction of sp³-hybridized carbons (Fsp3) is 0.533. The van der Waals surface area contributed by atoms with Gasteiger partial charge in [-0.1, -0.05) is 0 Å². The van der Waals surface area contributed by atoms with Gasteiger partial charge in [0.05, 0.1) is 18.3 Å². The average molecular weight is 263 g/mol. The van der Waals surface area contributed by atoms with E-state index in [2.05, 4.69) is 4.90 Å². The first kappa shape index (κ1) is 13.9. The molecule has 0 bridgehead atoms. The summed E-state index contributed by atoms with van der Waals surface area (Å²) >= 11 is 0. The number of hydrogen-bond donors (Lipinski definition) is 0. The minimum absolute atomic E-state index is 0.257. The van der Waals surface area contributed by atoms with E-state index < -0.39 is 0 Å². The largest absolute Gasteiger partial charge is 0.462 e. The summed E-state index contributed by atoms with van der Waals surface area (Å²) in [6, 6.07) is 7.63. The van der Waals surface area contributed by atoms with Gasteiger partial charge >= 0.3 is 5.97 Å². The second kappa shape index (κ2) is 6.57. The molecule has 1 aliphatic rings. The molecule has 4 heteroatoms. The molecule has 0 N–H and O–H groups in total. The standard InChI is InChI=1S/C15H21NO3/c1-3-19-15(17)12-4-6-13(7-5-12)16-10-8-14(18-2)9-11-16/h4-7,14H,3,8-11H2,1-2H3. The number of carbonyl (C=O) groups excluding carboxylic acids is 1. The van der Waals surface area contributed by atoms with Crippen LogP contribution in [0, 0.1) is 0 Å². The van der Waals surface area contributed by atoms with Crippen LogP contribution in [0.2, 0.25) is 0 Å². The van der Waals surface area contributed by atoms with Gasteiger partial charge in [0.2, 0.25) is 0 Å². The summed E-state index contributed by atoms with van der Waals surface area (Å²) in [6.45, 7) is 4.21. The van der Waals surface area contributed by atoms with Crippen molar-refractivity contribution in [2.75, 3.05) is 31.7 Å². The smallest absolute Gasteiger partial charge is 0.338 e. The van der Waals surface area contributed by atoms with Crippen LogP contribution in [-0.2, 0) is 9.47 Å². The number of esters is 1. The van der Waals surface area contributed by atoms with Crippen molar-refractivity contribution >= 4 is 11.7 Å². The van der Waals surface area contributed by atoms with Gasteiger partial charge in [-0.25, -0.2) is 4.79 Å². The average Bonchev–Trinajstić information content (AvgIpc) is 2.48. The summed E-state index contributed by atoms with van der Waals surface area (Å²) in [4.78, 5) is 13.9. The van der Waals surface area contributed by atoms with Crippen LogP contribution in [0.3, 0.4) is 0 Å². The van der Waals surface area contributed by atoms with E-state index in [1.807, 2.05) is 31.2 Å². The van der Waals surface area contributed by atoms with E-state index in [1.165, 1.54) is 0 Å². The molecule has 2 rings (SSSR count). The molecule has 0 saturated carbocycles. The van der Waals surface area contributed by atoms with Crippen LogP contribution in [0.15, 0.2) is 24.3 Å². The molecular weight excluding hydrogens is 242 g/mol. The first-order valence-electron chi connectivity index (χ1n) is 6.79. The lowest BCUT2D eigenvalue weighted by Crippen LogP contribution is -2.36. The zero-order valence-electron chi connectivity index (χ0n) is 11.6. The highest BCUT2D eigenvalue weighted by atomic mass is 16.5. The van der Waals surface area contributed by atoms with E-state index in [-0.39, 0.29) is 5.97 Å². The zero-order valence-corrected chi connectivity index (χ0v) is 11.6. The number of methoxy groups -OCH3 is 1. The van der Waals surface area contributed by atoms with Crippen LogP contribution in [0.1, 0.15) is 30.1 Å². The fourth-order valence-electron chi connectivity index (χ4n) is 2.37.